The molecule has 0 aromatic heterocycles. The van der Waals surface area contributed by atoms with E-state index < -0.39 is 0 Å². The van der Waals surface area contributed by atoms with Gasteiger partial charge in [0.15, 0.2) is 0 Å². The largest absolute Gasteiger partial charge is 1.00 e. The molecule has 140 valence electrons. The number of hydrogen-bond donors (Lipinski definition) is 0. The molecule has 0 fully saturated rings. The van der Waals surface area contributed by atoms with Crippen LogP contribution in [0, 0.1) is 12.2 Å². The molecule has 0 unspecified atom stereocenters. The van der Waals surface area contributed by atoms with Crippen LogP contribution in [0.4, 0.5) is 0 Å². The SMILES string of the molecule is CC1=CC2=C(C)CCCC2=[C-]1.CC1=CC2=C(C)CCCC2=[C-]1.[CH2]=[Hf+2].[Cl-].[Cl-]. The third-order valence-corrected chi connectivity index (χ3v) is 4.94. The van der Waals surface area contributed by atoms with Crippen molar-refractivity contribution in [3.8, 4) is 0 Å². The van der Waals surface area contributed by atoms with E-state index in [1.165, 1.54) is 72.0 Å². The zero-order valence-corrected chi connectivity index (χ0v) is 21.5. The molecular formula is C23H28Cl2Hf-2. The van der Waals surface area contributed by atoms with Crippen LogP contribution in [0.25, 0.3) is 0 Å². The topological polar surface area (TPSA) is 0 Å². The van der Waals surface area contributed by atoms with Gasteiger partial charge in [-0.2, -0.15) is 45.6 Å². The molecule has 4 aliphatic carbocycles. The molecule has 0 bridgehead atoms. The van der Waals surface area contributed by atoms with Gasteiger partial charge in [-0.15, -0.1) is 11.1 Å². The summed E-state index contributed by atoms with van der Waals surface area (Å²) in [5, 5.41) is 0. The first-order valence-electron chi connectivity index (χ1n) is 8.92. The van der Waals surface area contributed by atoms with E-state index in [-0.39, 0.29) is 24.8 Å². The molecule has 0 heterocycles. The summed E-state index contributed by atoms with van der Waals surface area (Å²) >= 11 is 1.06. The Hall–Kier alpha value is -0.240. The third kappa shape index (κ3) is 6.43. The minimum absolute atomic E-state index is 0. The average Bonchev–Trinajstić information content (AvgIpc) is 3.13. The second-order valence-electron chi connectivity index (χ2n) is 6.96. The summed E-state index contributed by atoms with van der Waals surface area (Å²) in [6.45, 7) is 8.74. The molecule has 3 heteroatoms. The molecule has 4 rings (SSSR count). The molecule has 4 aliphatic rings. The van der Waals surface area contributed by atoms with Gasteiger partial charge >= 0.3 is 28.2 Å². The molecule has 0 N–H and O–H groups in total. The van der Waals surface area contributed by atoms with Crippen molar-refractivity contribution < 1.29 is 48.7 Å². The molecule has 0 aromatic carbocycles. The van der Waals surface area contributed by atoms with Crippen molar-refractivity contribution in [3.05, 3.63) is 68.9 Å². The fourth-order valence-corrected chi connectivity index (χ4v) is 3.78. The van der Waals surface area contributed by atoms with Gasteiger partial charge in [-0.1, -0.05) is 40.5 Å². The Morgan fingerprint density at radius 2 is 1.04 bits per heavy atom. The Bertz CT molecular complexity index is 640. The van der Waals surface area contributed by atoms with E-state index in [0.717, 1.165) is 23.9 Å². The van der Waals surface area contributed by atoms with Crippen LogP contribution in [0.15, 0.2) is 56.7 Å². The molecular weight excluding hydrogens is 526 g/mol. The van der Waals surface area contributed by atoms with Crippen molar-refractivity contribution in [2.24, 2.45) is 0 Å². The Morgan fingerprint density at radius 3 is 1.35 bits per heavy atom. The van der Waals surface area contributed by atoms with E-state index in [0.29, 0.717) is 0 Å². The maximum Gasteiger partial charge on any atom is -1.00 e. The van der Waals surface area contributed by atoms with Gasteiger partial charge in [0.25, 0.3) is 0 Å². The summed E-state index contributed by atoms with van der Waals surface area (Å²) in [6, 6.07) is 0. The van der Waals surface area contributed by atoms with Gasteiger partial charge < -0.3 is 24.8 Å². The predicted molar refractivity (Wildman–Crippen MR) is 101 cm³/mol. The quantitative estimate of drug-likeness (QED) is 0.300. The maximum absolute atomic E-state index is 3.41. The molecule has 0 radical (unpaired) electrons. The number of hydrogen-bond acceptors (Lipinski definition) is 0. The Balaban J connectivity index is 0.000000410. The normalized spacial score (nSPS) is 19.8. The van der Waals surface area contributed by atoms with Gasteiger partial charge in [0.2, 0.25) is 0 Å². The van der Waals surface area contributed by atoms with Crippen LogP contribution in [-0.2, 0) is 23.9 Å². The third-order valence-electron chi connectivity index (χ3n) is 4.94. The van der Waals surface area contributed by atoms with E-state index in [2.05, 4.69) is 56.3 Å². The predicted octanol–water partition coefficient (Wildman–Crippen LogP) is 0.326. The first kappa shape index (κ1) is 25.8. The summed E-state index contributed by atoms with van der Waals surface area (Å²) in [6.07, 6.45) is 19.0. The summed E-state index contributed by atoms with van der Waals surface area (Å²) in [5.74, 6) is 0. The fourth-order valence-electron chi connectivity index (χ4n) is 3.78. The molecule has 0 spiro atoms. The van der Waals surface area contributed by atoms with E-state index in [1.54, 1.807) is 11.1 Å². The maximum atomic E-state index is 3.41. The van der Waals surface area contributed by atoms with Crippen molar-refractivity contribution in [1.82, 2.24) is 0 Å². The number of allylic oxidation sites excluding steroid dienone is 12. The van der Waals surface area contributed by atoms with Crippen LogP contribution in [-0.4, -0.2) is 4.26 Å². The number of fused-ring (bicyclic) bond motifs is 2. The van der Waals surface area contributed by atoms with E-state index in [1.807, 2.05) is 0 Å². The second-order valence-corrected chi connectivity index (χ2v) is 6.96. The fraction of sp³-hybridized carbons (Fsp3) is 0.435. The van der Waals surface area contributed by atoms with E-state index in [9.17, 15) is 0 Å². The van der Waals surface area contributed by atoms with Crippen molar-refractivity contribution in [1.29, 1.82) is 0 Å². The summed E-state index contributed by atoms with van der Waals surface area (Å²) in [4.78, 5) is 0. The number of rotatable bonds is 0. The Kier molecular flexibility index (Phi) is 12.2. The smallest absolute Gasteiger partial charge is 1.00 e. The van der Waals surface area contributed by atoms with Crippen LogP contribution in [0.5, 0.6) is 0 Å². The summed E-state index contributed by atoms with van der Waals surface area (Å²) < 4.78 is 3.39. The first-order valence-corrected chi connectivity index (χ1v) is 11.5. The molecule has 0 saturated heterocycles. The monoisotopic (exact) mass is 554 g/mol. The Morgan fingerprint density at radius 1 is 0.692 bits per heavy atom. The van der Waals surface area contributed by atoms with Gasteiger partial charge in [-0.25, -0.2) is 12.2 Å². The van der Waals surface area contributed by atoms with Crippen LogP contribution in [0.1, 0.15) is 66.2 Å². The van der Waals surface area contributed by atoms with Crippen LogP contribution >= 0.6 is 0 Å². The first-order chi connectivity index (χ1) is 11.5. The minimum Gasteiger partial charge on any atom is -1.00 e. The molecule has 0 amide bonds. The van der Waals surface area contributed by atoms with Crippen LogP contribution < -0.4 is 24.8 Å². The van der Waals surface area contributed by atoms with Gasteiger partial charge in [-0.05, 0) is 25.7 Å². The van der Waals surface area contributed by atoms with Gasteiger partial charge in [0.05, 0.1) is 0 Å². The molecule has 0 aliphatic heterocycles. The van der Waals surface area contributed by atoms with Gasteiger partial charge in [0.1, 0.15) is 0 Å². The molecule has 0 aromatic rings. The van der Waals surface area contributed by atoms with Crippen LogP contribution in [0.3, 0.4) is 0 Å². The van der Waals surface area contributed by atoms with Crippen molar-refractivity contribution in [2.45, 2.75) is 66.2 Å². The number of halogens is 2. The standard InChI is InChI=1S/2C11H13.CH2.2ClH.Hf/c2*1-8-6-10-5-3-4-9(2)11(10)7-8;;;;/h2*7H,3-5H2,1-2H3;1H2;2*1H;/q2*-1;;;;+2/p-2. The van der Waals surface area contributed by atoms with Gasteiger partial charge in [-0.3, -0.25) is 0 Å². The molecule has 0 saturated carbocycles. The van der Waals surface area contributed by atoms with Crippen molar-refractivity contribution >= 4 is 4.26 Å². The average molecular weight is 554 g/mol. The second kappa shape index (κ2) is 12.3. The summed E-state index contributed by atoms with van der Waals surface area (Å²) in [7, 11) is 0. The summed E-state index contributed by atoms with van der Waals surface area (Å²) in [5.41, 5.74) is 11.6. The zero-order chi connectivity index (χ0) is 17.7. The molecule has 0 atom stereocenters. The van der Waals surface area contributed by atoms with Crippen molar-refractivity contribution in [2.75, 3.05) is 0 Å². The Labute approximate surface area is 187 Å². The molecule has 26 heavy (non-hydrogen) atoms. The van der Waals surface area contributed by atoms with E-state index >= 15 is 0 Å². The minimum atomic E-state index is 0. The van der Waals surface area contributed by atoms with E-state index in [4.69, 9.17) is 0 Å². The van der Waals surface area contributed by atoms with Crippen LogP contribution in [0.2, 0.25) is 0 Å². The zero-order valence-electron chi connectivity index (χ0n) is 16.4. The molecule has 0 nitrogen and oxygen atoms in total. The van der Waals surface area contributed by atoms with Gasteiger partial charge in [0, 0.05) is 0 Å². The van der Waals surface area contributed by atoms with Crippen molar-refractivity contribution in [3.63, 3.8) is 0 Å².